The molecule has 3 fully saturated rings. The van der Waals surface area contributed by atoms with Gasteiger partial charge >= 0.3 is 0 Å². The van der Waals surface area contributed by atoms with Crippen molar-refractivity contribution in [3.63, 3.8) is 0 Å². The van der Waals surface area contributed by atoms with Gasteiger partial charge in [-0.2, -0.15) is 0 Å². The van der Waals surface area contributed by atoms with Crippen molar-refractivity contribution in [2.45, 2.75) is 19.0 Å². The van der Waals surface area contributed by atoms with Gasteiger partial charge < -0.3 is 4.90 Å². The number of rotatable bonds is 5. The second-order valence-corrected chi connectivity index (χ2v) is 13.8. The highest BCUT2D eigenvalue weighted by Gasteiger charge is 2.42. The molecule has 202 valence electrons. The van der Waals surface area contributed by atoms with Crippen LogP contribution in [0, 0.1) is 0 Å². The molecule has 0 aliphatic carbocycles. The van der Waals surface area contributed by atoms with Crippen LogP contribution in [-0.4, -0.2) is 81.6 Å². The minimum absolute atomic E-state index is 0.0457. The average Bonchev–Trinajstić information content (AvgIpc) is 3.43. The van der Waals surface area contributed by atoms with Crippen LogP contribution in [0.1, 0.15) is 17.5 Å². The van der Waals surface area contributed by atoms with Gasteiger partial charge in [-0.25, -0.2) is 13.4 Å². The van der Waals surface area contributed by atoms with E-state index in [0.717, 1.165) is 31.4 Å². The Morgan fingerprint density at radius 1 is 1.03 bits per heavy atom. The summed E-state index contributed by atoms with van der Waals surface area (Å²) < 4.78 is 25.9. The van der Waals surface area contributed by atoms with E-state index in [2.05, 4.69) is 21.9 Å². The van der Waals surface area contributed by atoms with Gasteiger partial charge in [-0.15, -0.1) is 0 Å². The first kappa shape index (κ1) is 26.2. The Hall–Kier alpha value is -3.06. The molecule has 3 aliphatic heterocycles. The molecule has 3 aromatic rings. The molecule has 3 saturated heterocycles. The summed E-state index contributed by atoms with van der Waals surface area (Å²) in [5.74, 6) is 0.137. The Morgan fingerprint density at radius 3 is 2.49 bits per heavy atom. The first-order valence-electron chi connectivity index (χ1n) is 12.8. The molecule has 12 heteroatoms. The number of anilines is 1. The number of nitrogens with zero attached hydrogens (tertiary/aromatic N) is 5. The van der Waals surface area contributed by atoms with Gasteiger partial charge in [0.05, 0.1) is 28.0 Å². The minimum Gasteiger partial charge on any atom is -0.353 e. The second kappa shape index (κ2) is 10.5. The molecule has 6 rings (SSSR count). The number of fused-ring (bicyclic) bond motifs is 1. The summed E-state index contributed by atoms with van der Waals surface area (Å²) >= 11 is 6.58. The number of pyridine rings is 1. The summed E-state index contributed by atoms with van der Waals surface area (Å²) in [6, 6.07) is 15.3. The highest BCUT2D eigenvalue weighted by molar-refractivity contribution is 8.26. The number of sulfone groups is 1. The van der Waals surface area contributed by atoms with Crippen LogP contribution in [0.5, 0.6) is 0 Å². The van der Waals surface area contributed by atoms with Crippen LogP contribution in [0.15, 0.2) is 64.4 Å². The molecule has 1 unspecified atom stereocenters. The quantitative estimate of drug-likeness (QED) is 0.333. The van der Waals surface area contributed by atoms with Crippen LogP contribution in [-0.2, 0) is 21.2 Å². The molecule has 0 spiro atoms. The van der Waals surface area contributed by atoms with Crippen LogP contribution in [0.3, 0.4) is 0 Å². The molecule has 9 nitrogen and oxygen atoms in total. The molecule has 5 heterocycles. The van der Waals surface area contributed by atoms with Crippen molar-refractivity contribution in [2.24, 2.45) is 0 Å². The monoisotopic (exact) mass is 581 g/mol. The average molecular weight is 582 g/mol. The molecule has 1 atom stereocenters. The highest BCUT2D eigenvalue weighted by Crippen LogP contribution is 2.37. The van der Waals surface area contributed by atoms with E-state index in [0.29, 0.717) is 45.8 Å². The zero-order valence-corrected chi connectivity index (χ0v) is 23.6. The zero-order chi connectivity index (χ0) is 27.1. The third kappa shape index (κ3) is 5.25. The number of amides is 1. The predicted molar refractivity (Wildman–Crippen MR) is 157 cm³/mol. The highest BCUT2D eigenvalue weighted by atomic mass is 32.2. The van der Waals surface area contributed by atoms with E-state index in [9.17, 15) is 18.0 Å². The summed E-state index contributed by atoms with van der Waals surface area (Å²) in [6.07, 6.45) is 3.61. The number of thiocarbonyl (C=S) groups is 1. The Morgan fingerprint density at radius 2 is 1.77 bits per heavy atom. The first-order chi connectivity index (χ1) is 18.8. The molecular formula is C27H27N5O4S3. The number of aromatic nitrogens is 2. The summed E-state index contributed by atoms with van der Waals surface area (Å²) in [7, 11) is -3.19. The minimum atomic E-state index is -3.19. The summed E-state index contributed by atoms with van der Waals surface area (Å²) in [5.41, 5.74) is 1.85. The second-order valence-electron chi connectivity index (χ2n) is 9.94. The van der Waals surface area contributed by atoms with Crippen LogP contribution in [0.2, 0.25) is 0 Å². The maximum absolute atomic E-state index is 13.7. The largest absolute Gasteiger partial charge is 0.353 e. The molecule has 0 saturated carbocycles. The van der Waals surface area contributed by atoms with Crippen molar-refractivity contribution in [3.05, 3.63) is 81.1 Å². The fourth-order valence-electron chi connectivity index (χ4n) is 5.32. The molecule has 2 aromatic heterocycles. The number of piperazine rings is 1. The number of thioether (sulfide) groups is 1. The molecule has 3 aliphatic rings. The summed E-state index contributed by atoms with van der Waals surface area (Å²) in [6.45, 7) is 3.84. The van der Waals surface area contributed by atoms with Crippen molar-refractivity contribution in [1.82, 2.24) is 19.2 Å². The molecule has 0 N–H and O–H groups in total. The number of carbonyl (C=O) groups is 1. The van der Waals surface area contributed by atoms with E-state index in [4.69, 9.17) is 17.2 Å². The lowest BCUT2D eigenvalue weighted by Gasteiger charge is -2.36. The fourth-order valence-corrected chi connectivity index (χ4v) is 8.40. The van der Waals surface area contributed by atoms with Crippen LogP contribution < -0.4 is 10.5 Å². The van der Waals surface area contributed by atoms with Crippen LogP contribution in [0.4, 0.5) is 5.82 Å². The van der Waals surface area contributed by atoms with Gasteiger partial charge in [0.15, 0.2) is 9.84 Å². The molecule has 0 radical (unpaired) electrons. The van der Waals surface area contributed by atoms with Gasteiger partial charge in [0.2, 0.25) is 0 Å². The molecule has 1 aromatic carbocycles. The molecule has 0 bridgehead atoms. The predicted octanol–water partition coefficient (Wildman–Crippen LogP) is 2.41. The third-order valence-electron chi connectivity index (χ3n) is 7.34. The standard InChI is InChI=1S/C27H27N5O4S3/c33-25-21(16-22-26(34)32(27(37)38-22)20-9-15-39(35,36)18-20)24(28-23-8-4-5-10-31(23)25)30-13-11-29(12-14-30)17-19-6-2-1-3-7-19/h1-8,10,16,20H,9,11-15,17-18H2/b22-16+. The van der Waals surface area contributed by atoms with E-state index in [1.54, 1.807) is 24.4 Å². The Bertz CT molecular complexity index is 1650. The van der Waals surface area contributed by atoms with Crippen molar-refractivity contribution in [1.29, 1.82) is 0 Å². The van der Waals surface area contributed by atoms with Crippen molar-refractivity contribution >= 4 is 61.6 Å². The van der Waals surface area contributed by atoms with Gasteiger partial charge in [-0.3, -0.25) is 23.8 Å². The first-order valence-corrected chi connectivity index (χ1v) is 15.8. The van der Waals surface area contributed by atoms with Crippen molar-refractivity contribution < 1.29 is 13.2 Å². The number of benzene rings is 1. The van der Waals surface area contributed by atoms with Crippen molar-refractivity contribution in [2.75, 3.05) is 42.6 Å². The van der Waals surface area contributed by atoms with Gasteiger partial charge in [0.25, 0.3) is 11.5 Å². The van der Waals surface area contributed by atoms with E-state index in [1.807, 2.05) is 24.3 Å². The van der Waals surface area contributed by atoms with Gasteiger partial charge in [-0.05, 0) is 30.2 Å². The smallest absolute Gasteiger partial charge is 0.267 e. The van der Waals surface area contributed by atoms with Gasteiger partial charge in [-0.1, -0.05) is 60.4 Å². The van der Waals surface area contributed by atoms with E-state index in [1.165, 1.54) is 14.9 Å². The molecular weight excluding hydrogens is 555 g/mol. The zero-order valence-electron chi connectivity index (χ0n) is 21.1. The molecule has 1 amide bonds. The lowest BCUT2D eigenvalue weighted by molar-refractivity contribution is -0.123. The Kier molecular flexibility index (Phi) is 7.04. The normalized spacial score (nSPS) is 22.9. The Labute approximate surface area is 236 Å². The maximum Gasteiger partial charge on any atom is 0.267 e. The van der Waals surface area contributed by atoms with Crippen molar-refractivity contribution in [3.8, 4) is 0 Å². The summed E-state index contributed by atoms with van der Waals surface area (Å²) in [5, 5.41) is 0. The van der Waals surface area contributed by atoms with Gasteiger partial charge in [0, 0.05) is 38.9 Å². The topological polar surface area (TPSA) is 95.3 Å². The number of hydrogen-bond donors (Lipinski definition) is 0. The van der Waals surface area contributed by atoms with Crippen LogP contribution >= 0.6 is 24.0 Å². The molecule has 39 heavy (non-hydrogen) atoms. The maximum atomic E-state index is 13.7. The SMILES string of the molecule is O=C1/C(=C\c2c(N3CCN(Cc4ccccc4)CC3)nc3ccccn3c2=O)SC(=S)N1C1CCS(=O)(=O)C1. The lowest BCUT2D eigenvalue weighted by atomic mass is 10.1. The van der Waals surface area contributed by atoms with Gasteiger partial charge in [0.1, 0.15) is 15.8 Å². The number of hydrogen-bond acceptors (Lipinski definition) is 9. The number of carbonyl (C=O) groups excluding carboxylic acids is 1. The third-order valence-corrected chi connectivity index (χ3v) is 10.4. The van der Waals surface area contributed by atoms with E-state index < -0.39 is 15.9 Å². The van der Waals surface area contributed by atoms with E-state index in [-0.39, 0.29) is 23.0 Å². The van der Waals surface area contributed by atoms with E-state index >= 15 is 0 Å². The Balaban J connectivity index is 1.31. The fraction of sp³-hybridized carbons (Fsp3) is 0.333. The van der Waals surface area contributed by atoms with Crippen LogP contribution in [0.25, 0.3) is 11.7 Å². The summed E-state index contributed by atoms with van der Waals surface area (Å²) in [4.78, 5) is 38.1. The lowest BCUT2D eigenvalue weighted by Crippen LogP contribution is -2.47.